The van der Waals surface area contributed by atoms with E-state index in [1.807, 2.05) is 17.0 Å². The minimum Gasteiger partial charge on any atom is -0.336 e. The maximum atomic E-state index is 12.4. The van der Waals surface area contributed by atoms with E-state index in [0.717, 1.165) is 31.9 Å². The van der Waals surface area contributed by atoms with Crippen molar-refractivity contribution in [2.24, 2.45) is 0 Å². The first-order chi connectivity index (χ1) is 11.1. The van der Waals surface area contributed by atoms with Gasteiger partial charge in [-0.3, -0.25) is 4.79 Å². The highest BCUT2D eigenvalue weighted by atomic mass is 35.5. The third kappa shape index (κ3) is 3.97. The lowest BCUT2D eigenvalue weighted by atomic mass is 10.2. The van der Waals surface area contributed by atoms with Crippen LogP contribution in [0.2, 0.25) is 5.02 Å². The van der Waals surface area contributed by atoms with Crippen molar-refractivity contribution in [3.05, 3.63) is 47.2 Å². The Morgan fingerprint density at radius 2 is 1.70 bits per heavy atom. The fourth-order valence-corrected chi connectivity index (χ4v) is 2.48. The number of rotatable bonds is 3. The number of likely N-dealkylation sites (N-methyl/N-ethyl adjacent to an activating group) is 1. The Balaban J connectivity index is 1.64. The van der Waals surface area contributed by atoms with Crippen LogP contribution >= 0.6 is 11.6 Å². The van der Waals surface area contributed by atoms with Crippen molar-refractivity contribution in [3.63, 3.8) is 0 Å². The van der Waals surface area contributed by atoms with Crippen LogP contribution in [0.25, 0.3) is 0 Å². The van der Waals surface area contributed by atoms with Crippen LogP contribution in [0.4, 0.5) is 11.6 Å². The van der Waals surface area contributed by atoms with Gasteiger partial charge in [-0.05, 0) is 31.3 Å². The lowest BCUT2D eigenvalue weighted by Crippen LogP contribution is -2.47. The summed E-state index contributed by atoms with van der Waals surface area (Å²) in [5.41, 5.74) is 1.35. The van der Waals surface area contributed by atoms with Crippen molar-refractivity contribution in [1.29, 1.82) is 0 Å². The van der Waals surface area contributed by atoms with Crippen LogP contribution in [0, 0.1) is 0 Å². The summed E-state index contributed by atoms with van der Waals surface area (Å²) in [4.78, 5) is 24.9. The minimum atomic E-state index is -0.0175. The average Bonchev–Trinajstić information content (AvgIpc) is 2.58. The van der Waals surface area contributed by atoms with Gasteiger partial charge in [-0.25, -0.2) is 9.97 Å². The van der Waals surface area contributed by atoms with Gasteiger partial charge in [0.1, 0.15) is 0 Å². The molecule has 1 aliphatic heterocycles. The number of hydrogen-bond acceptors (Lipinski definition) is 5. The molecule has 2 aromatic rings. The van der Waals surface area contributed by atoms with Crippen molar-refractivity contribution in [1.82, 2.24) is 19.8 Å². The second-order valence-electron chi connectivity index (χ2n) is 5.52. The topological polar surface area (TPSA) is 61.4 Å². The third-order valence-corrected chi connectivity index (χ3v) is 4.04. The largest absolute Gasteiger partial charge is 0.336 e. The fourth-order valence-electron chi connectivity index (χ4n) is 2.36. The van der Waals surface area contributed by atoms with Crippen LogP contribution in [-0.4, -0.2) is 58.9 Å². The van der Waals surface area contributed by atoms with Crippen molar-refractivity contribution in [2.45, 2.75) is 0 Å². The van der Waals surface area contributed by atoms with Gasteiger partial charge >= 0.3 is 0 Å². The predicted octanol–water partition coefficient (Wildman–Crippen LogP) is 2.26. The number of hydrogen-bond donors (Lipinski definition) is 1. The first kappa shape index (κ1) is 15.7. The Labute approximate surface area is 140 Å². The molecule has 1 amide bonds. The van der Waals surface area contributed by atoms with Crippen LogP contribution in [0.3, 0.4) is 0 Å². The molecule has 0 aliphatic carbocycles. The molecule has 0 atom stereocenters. The monoisotopic (exact) mass is 331 g/mol. The lowest BCUT2D eigenvalue weighted by molar-refractivity contribution is 0.0663. The first-order valence-corrected chi connectivity index (χ1v) is 7.82. The Bertz CT molecular complexity index is 666. The molecule has 0 saturated carbocycles. The molecular formula is C16H18ClN5O. The van der Waals surface area contributed by atoms with Crippen LogP contribution in [-0.2, 0) is 0 Å². The highest BCUT2D eigenvalue weighted by molar-refractivity contribution is 6.30. The van der Waals surface area contributed by atoms with Gasteiger partial charge in [0, 0.05) is 49.3 Å². The number of carbonyl (C=O) groups excluding carboxylic acids is 1. The highest BCUT2D eigenvalue weighted by Crippen LogP contribution is 2.16. The van der Waals surface area contributed by atoms with Gasteiger partial charge in [-0.15, -0.1) is 0 Å². The van der Waals surface area contributed by atoms with E-state index in [4.69, 9.17) is 11.6 Å². The van der Waals surface area contributed by atoms with E-state index in [1.54, 1.807) is 24.5 Å². The lowest BCUT2D eigenvalue weighted by Gasteiger charge is -2.32. The smallest absolute Gasteiger partial charge is 0.257 e. The second kappa shape index (κ2) is 6.93. The summed E-state index contributed by atoms with van der Waals surface area (Å²) >= 11 is 5.85. The number of benzene rings is 1. The number of carbonyl (C=O) groups is 1. The molecule has 0 unspecified atom stereocenters. The summed E-state index contributed by atoms with van der Waals surface area (Å²) in [6, 6.07) is 7.26. The molecule has 23 heavy (non-hydrogen) atoms. The first-order valence-electron chi connectivity index (χ1n) is 7.44. The van der Waals surface area contributed by atoms with Gasteiger partial charge in [0.25, 0.3) is 5.91 Å². The minimum absolute atomic E-state index is 0.0175. The molecule has 0 bridgehead atoms. The molecule has 1 aliphatic rings. The predicted molar refractivity (Wildman–Crippen MR) is 90.2 cm³/mol. The maximum absolute atomic E-state index is 12.4. The summed E-state index contributed by atoms with van der Waals surface area (Å²) in [7, 11) is 2.06. The molecule has 2 heterocycles. The Kier molecular flexibility index (Phi) is 4.73. The van der Waals surface area contributed by atoms with Crippen molar-refractivity contribution in [3.8, 4) is 0 Å². The van der Waals surface area contributed by atoms with Crippen LogP contribution < -0.4 is 5.32 Å². The van der Waals surface area contributed by atoms with E-state index in [0.29, 0.717) is 16.5 Å². The number of nitrogens with zero attached hydrogens (tertiary/aromatic N) is 4. The number of nitrogens with one attached hydrogen (secondary N) is 1. The summed E-state index contributed by atoms with van der Waals surface area (Å²) < 4.78 is 0. The van der Waals surface area contributed by atoms with E-state index < -0.39 is 0 Å². The molecule has 1 N–H and O–H groups in total. The third-order valence-electron chi connectivity index (χ3n) is 3.79. The quantitative estimate of drug-likeness (QED) is 0.934. The van der Waals surface area contributed by atoms with Gasteiger partial charge < -0.3 is 15.1 Å². The van der Waals surface area contributed by atoms with Crippen LogP contribution in [0.5, 0.6) is 0 Å². The molecule has 6 nitrogen and oxygen atoms in total. The van der Waals surface area contributed by atoms with Gasteiger partial charge in [-0.1, -0.05) is 11.6 Å². The van der Waals surface area contributed by atoms with Crippen LogP contribution in [0.15, 0.2) is 36.7 Å². The van der Waals surface area contributed by atoms with Crippen molar-refractivity contribution >= 4 is 29.1 Å². The highest BCUT2D eigenvalue weighted by Gasteiger charge is 2.20. The number of piperazine rings is 1. The zero-order chi connectivity index (χ0) is 16.2. The zero-order valence-electron chi connectivity index (χ0n) is 12.9. The van der Waals surface area contributed by atoms with Crippen LogP contribution in [0.1, 0.15) is 10.4 Å². The van der Waals surface area contributed by atoms with E-state index in [2.05, 4.69) is 27.2 Å². The SMILES string of the molecule is CN1CCN(C(=O)c2cnc(Nc3ccc(Cl)cc3)nc2)CC1. The standard InChI is InChI=1S/C16H18ClN5O/c1-21-6-8-22(9-7-21)15(23)12-10-18-16(19-11-12)20-14-4-2-13(17)3-5-14/h2-5,10-11H,6-9H2,1H3,(H,18,19,20). The van der Waals surface area contributed by atoms with E-state index in [1.165, 1.54) is 0 Å². The molecule has 0 radical (unpaired) electrons. The maximum Gasteiger partial charge on any atom is 0.257 e. The number of anilines is 2. The molecular weight excluding hydrogens is 314 g/mol. The van der Waals surface area contributed by atoms with Gasteiger partial charge in [0.2, 0.25) is 5.95 Å². The van der Waals surface area contributed by atoms with Crippen molar-refractivity contribution < 1.29 is 4.79 Å². The zero-order valence-corrected chi connectivity index (χ0v) is 13.6. The number of halogens is 1. The summed E-state index contributed by atoms with van der Waals surface area (Å²) in [6.45, 7) is 3.26. The van der Waals surface area contributed by atoms with E-state index in [9.17, 15) is 4.79 Å². The Morgan fingerprint density at radius 1 is 1.09 bits per heavy atom. The van der Waals surface area contributed by atoms with Gasteiger partial charge in [-0.2, -0.15) is 0 Å². The Hall–Kier alpha value is -2.18. The molecule has 0 spiro atoms. The number of amides is 1. The Morgan fingerprint density at radius 3 is 2.30 bits per heavy atom. The molecule has 7 heteroatoms. The van der Waals surface area contributed by atoms with Crippen molar-refractivity contribution in [2.75, 3.05) is 38.5 Å². The van der Waals surface area contributed by atoms with E-state index in [-0.39, 0.29) is 5.91 Å². The molecule has 3 rings (SSSR count). The average molecular weight is 332 g/mol. The summed E-state index contributed by atoms with van der Waals surface area (Å²) in [5.74, 6) is 0.429. The normalized spacial score (nSPS) is 15.5. The molecule has 120 valence electrons. The fraction of sp³-hybridized carbons (Fsp3) is 0.312. The molecule has 1 fully saturated rings. The summed E-state index contributed by atoms with van der Waals surface area (Å²) in [5, 5.41) is 3.74. The second-order valence-corrected chi connectivity index (χ2v) is 5.96. The molecule has 1 aromatic heterocycles. The van der Waals surface area contributed by atoms with Gasteiger partial charge in [0.15, 0.2) is 0 Å². The molecule has 1 aromatic carbocycles. The molecule has 1 saturated heterocycles. The van der Waals surface area contributed by atoms with E-state index >= 15 is 0 Å². The summed E-state index contributed by atoms with van der Waals surface area (Å²) in [6.07, 6.45) is 3.12. The number of aromatic nitrogens is 2. The van der Waals surface area contributed by atoms with Gasteiger partial charge in [0.05, 0.1) is 5.56 Å².